The normalized spacial score (nSPS) is 20.7. The summed E-state index contributed by atoms with van der Waals surface area (Å²) in [6, 6.07) is 19.1. The standard InChI is InChI=1S/C28H28N2O7/c1-5-36-19-13-11-17(12-14-19)29-27(31)22-23(20-15-16-21(33-2)25(35-4)24(20)34-3)30(37-26(22)28(29)32)18-9-7-6-8-10-18/h6-16,22-23,26H,5H2,1-4H3. The number of para-hydroxylation sites is 1. The highest BCUT2D eigenvalue weighted by Crippen LogP contribution is 2.52. The monoisotopic (exact) mass is 504 g/mol. The Balaban J connectivity index is 1.61. The number of hydrogen-bond acceptors (Lipinski definition) is 8. The van der Waals surface area contributed by atoms with Gasteiger partial charge in [0.2, 0.25) is 11.7 Å². The van der Waals surface area contributed by atoms with Crippen LogP contribution in [0, 0.1) is 5.92 Å². The maximum Gasteiger partial charge on any atom is 0.266 e. The zero-order valence-electron chi connectivity index (χ0n) is 21.0. The van der Waals surface area contributed by atoms with Crippen molar-refractivity contribution in [2.24, 2.45) is 5.92 Å². The second kappa shape index (κ2) is 10.0. The number of anilines is 2. The largest absolute Gasteiger partial charge is 0.494 e. The smallest absolute Gasteiger partial charge is 0.266 e. The summed E-state index contributed by atoms with van der Waals surface area (Å²) in [6.07, 6.45) is -1.01. The molecule has 192 valence electrons. The van der Waals surface area contributed by atoms with Crippen LogP contribution in [0.25, 0.3) is 0 Å². The van der Waals surface area contributed by atoms with Gasteiger partial charge in [0.1, 0.15) is 17.7 Å². The predicted molar refractivity (Wildman–Crippen MR) is 136 cm³/mol. The highest BCUT2D eigenvalue weighted by atomic mass is 16.7. The van der Waals surface area contributed by atoms with Crippen molar-refractivity contribution in [1.82, 2.24) is 0 Å². The van der Waals surface area contributed by atoms with Crippen LogP contribution in [0.1, 0.15) is 18.5 Å². The van der Waals surface area contributed by atoms with E-state index < -0.39 is 24.0 Å². The van der Waals surface area contributed by atoms with Crippen molar-refractivity contribution in [2.45, 2.75) is 19.1 Å². The number of carbonyl (C=O) groups excluding carboxylic acids is 2. The van der Waals surface area contributed by atoms with Gasteiger partial charge in [-0.2, -0.15) is 0 Å². The number of hydrogen-bond donors (Lipinski definition) is 0. The van der Waals surface area contributed by atoms with Crippen molar-refractivity contribution in [1.29, 1.82) is 0 Å². The van der Waals surface area contributed by atoms with Crippen molar-refractivity contribution in [3.8, 4) is 23.0 Å². The molecule has 9 heteroatoms. The lowest BCUT2D eigenvalue weighted by Gasteiger charge is -2.30. The molecule has 9 nitrogen and oxygen atoms in total. The number of amides is 2. The molecular formula is C28H28N2O7. The molecule has 3 unspecified atom stereocenters. The van der Waals surface area contributed by atoms with Crippen LogP contribution in [-0.4, -0.2) is 45.9 Å². The average Bonchev–Trinajstić information content (AvgIpc) is 3.44. The van der Waals surface area contributed by atoms with Crippen LogP contribution < -0.4 is 28.9 Å². The van der Waals surface area contributed by atoms with E-state index in [0.29, 0.717) is 46.5 Å². The Morgan fingerprint density at radius 2 is 1.49 bits per heavy atom. The van der Waals surface area contributed by atoms with Crippen LogP contribution in [0.3, 0.4) is 0 Å². The minimum Gasteiger partial charge on any atom is -0.494 e. The van der Waals surface area contributed by atoms with Gasteiger partial charge in [-0.1, -0.05) is 18.2 Å². The third kappa shape index (κ3) is 4.01. The van der Waals surface area contributed by atoms with E-state index in [4.69, 9.17) is 23.8 Å². The Bertz CT molecular complexity index is 1300. The van der Waals surface area contributed by atoms with E-state index in [-0.39, 0.29) is 5.91 Å². The zero-order valence-corrected chi connectivity index (χ0v) is 21.0. The number of ether oxygens (including phenoxy) is 4. The molecule has 0 saturated carbocycles. The van der Waals surface area contributed by atoms with Gasteiger partial charge in [-0.25, -0.2) is 9.96 Å². The van der Waals surface area contributed by atoms with Gasteiger partial charge in [0, 0.05) is 5.56 Å². The van der Waals surface area contributed by atoms with Gasteiger partial charge in [0.15, 0.2) is 17.6 Å². The molecule has 3 aromatic rings. The summed E-state index contributed by atoms with van der Waals surface area (Å²) >= 11 is 0. The van der Waals surface area contributed by atoms with Gasteiger partial charge in [-0.15, -0.1) is 0 Å². The molecule has 37 heavy (non-hydrogen) atoms. The Morgan fingerprint density at radius 1 is 0.784 bits per heavy atom. The minimum absolute atomic E-state index is 0.362. The number of rotatable bonds is 8. The predicted octanol–water partition coefficient (Wildman–Crippen LogP) is 4.16. The molecule has 2 fully saturated rings. The molecule has 0 bridgehead atoms. The summed E-state index contributed by atoms with van der Waals surface area (Å²) < 4.78 is 22.3. The Labute approximate surface area is 215 Å². The van der Waals surface area contributed by atoms with Crippen molar-refractivity contribution in [3.63, 3.8) is 0 Å². The summed E-state index contributed by atoms with van der Waals surface area (Å²) in [7, 11) is 4.58. The first-order chi connectivity index (χ1) is 18.0. The van der Waals surface area contributed by atoms with Gasteiger partial charge < -0.3 is 18.9 Å². The summed E-state index contributed by atoms with van der Waals surface area (Å²) in [6.45, 7) is 2.41. The molecule has 0 spiro atoms. The second-order valence-corrected chi connectivity index (χ2v) is 8.52. The summed E-state index contributed by atoms with van der Waals surface area (Å²) in [5.74, 6) is 0.309. The molecule has 2 aliphatic heterocycles. The zero-order chi connectivity index (χ0) is 26.1. The van der Waals surface area contributed by atoms with Crippen LogP contribution in [-0.2, 0) is 14.4 Å². The maximum absolute atomic E-state index is 13.9. The Morgan fingerprint density at radius 3 is 2.11 bits per heavy atom. The van der Waals surface area contributed by atoms with Crippen molar-refractivity contribution in [2.75, 3.05) is 37.9 Å². The highest BCUT2D eigenvalue weighted by Gasteiger charge is 2.61. The van der Waals surface area contributed by atoms with Gasteiger partial charge >= 0.3 is 0 Å². The molecule has 3 atom stereocenters. The topological polar surface area (TPSA) is 86.8 Å². The summed E-state index contributed by atoms with van der Waals surface area (Å²) in [4.78, 5) is 34.9. The molecule has 2 amide bonds. The SMILES string of the molecule is CCOc1ccc(N2C(=O)C3ON(c4ccccc4)C(c4ccc(OC)c(OC)c4OC)C3C2=O)cc1. The molecule has 0 aromatic heterocycles. The number of imide groups is 1. The third-order valence-electron chi connectivity index (χ3n) is 6.59. The Kier molecular flexibility index (Phi) is 6.62. The quantitative estimate of drug-likeness (QED) is 0.423. The van der Waals surface area contributed by atoms with Crippen LogP contribution in [0.4, 0.5) is 11.4 Å². The first-order valence-corrected chi connectivity index (χ1v) is 11.9. The van der Waals surface area contributed by atoms with E-state index in [2.05, 4.69) is 0 Å². The maximum atomic E-state index is 13.9. The van der Waals surface area contributed by atoms with Gasteiger partial charge in [0.05, 0.1) is 39.3 Å². The van der Waals surface area contributed by atoms with Gasteiger partial charge in [0.25, 0.3) is 5.91 Å². The van der Waals surface area contributed by atoms with Crippen molar-refractivity contribution >= 4 is 23.2 Å². The van der Waals surface area contributed by atoms with E-state index in [1.54, 1.807) is 35.4 Å². The molecule has 0 radical (unpaired) electrons. The number of carbonyl (C=O) groups is 2. The molecular weight excluding hydrogens is 476 g/mol. The number of methoxy groups -OCH3 is 3. The van der Waals surface area contributed by atoms with Crippen molar-refractivity contribution in [3.05, 3.63) is 72.3 Å². The highest BCUT2D eigenvalue weighted by molar-refractivity contribution is 6.24. The fourth-order valence-electron chi connectivity index (χ4n) is 5.00. The van der Waals surface area contributed by atoms with Gasteiger partial charge in [-0.3, -0.25) is 14.4 Å². The minimum atomic E-state index is -1.01. The van der Waals surface area contributed by atoms with Crippen LogP contribution in [0.2, 0.25) is 0 Å². The molecule has 0 N–H and O–H groups in total. The van der Waals surface area contributed by atoms with Crippen LogP contribution >= 0.6 is 0 Å². The van der Waals surface area contributed by atoms with Gasteiger partial charge in [-0.05, 0) is 55.5 Å². The number of fused-ring (bicyclic) bond motifs is 1. The summed E-state index contributed by atoms with van der Waals surface area (Å²) in [5.41, 5.74) is 1.79. The fourth-order valence-corrected chi connectivity index (χ4v) is 5.00. The lowest BCUT2D eigenvalue weighted by Crippen LogP contribution is -2.37. The molecule has 2 saturated heterocycles. The molecule has 0 aliphatic carbocycles. The van der Waals surface area contributed by atoms with Crippen molar-refractivity contribution < 1.29 is 33.4 Å². The van der Waals surface area contributed by atoms with Crippen LogP contribution in [0.15, 0.2) is 66.7 Å². The lowest BCUT2D eigenvalue weighted by molar-refractivity contribution is -0.126. The van der Waals surface area contributed by atoms with E-state index in [9.17, 15) is 9.59 Å². The van der Waals surface area contributed by atoms with E-state index >= 15 is 0 Å². The first-order valence-electron chi connectivity index (χ1n) is 11.9. The lowest BCUT2D eigenvalue weighted by atomic mass is 9.89. The second-order valence-electron chi connectivity index (χ2n) is 8.52. The number of benzene rings is 3. The Hall–Kier alpha value is -4.24. The molecule has 3 aromatic carbocycles. The number of nitrogens with zero attached hydrogens (tertiary/aromatic N) is 2. The van der Waals surface area contributed by atoms with Crippen LogP contribution in [0.5, 0.6) is 23.0 Å². The average molecular weight is 505 g/mol. The molecule has 5 rings (SSSR count). The fraction of sp³-hybridized carbons (Fsp3) is 0.286. The first kappa shape index (κ1) is 24.5. The molecule has 2 aliphatic rings. The molecule has 2 heterocycles. The van der Waals surface area contributed by atoms with E-state index in [1.165, 1.54) is 26.2 Å². The van der Waals surface area contributed by atoms with E-state index in [0.717, 1.165) is 0 Å². The summed E-state index contributed by atoms with van der Waals surface area (Å²) in [5, 5.41) is 1.62. The van der Waals surface area contributed by atoms with E-state index in [1.807, 2.05) is 43.3 Å². The third-order valence-corrected chi connectivity index (χ3v) is 6.59. The number of hydroxylamine groups is 1.